The Morgan fingerprint density at radius 3 is 2.29 bits per heavy atom. The van der Waals surface area contributed by atoms with Crippen molar-refractivity contribution in [3.8, 4) is 5.88 Å². The quantitative estimate of drug-likeness (QED) is 0.797. The molecule has 3 rings (SSSR count). The van der Waals surface area contributed by atoms with Crippen LogP contribution in [0.5, 0.6) is 5.88 Å². The molecule has 124 valence electrons. The van der Waals surface area contributed by atoms with Crippen molar-refractivity contribution in [2.45, 2.75) is 40.2 Å². The van der Waals surface area contributed by atoms with Crippen molar-refractivity contribution >= 4 is 11.5 Å². The second-order valence-electron chi connectivity index (χ2n) is 6.62. The van der Waals surface area contributed by atoms with E-state index >= 15 is 0 Å². The molecule has 1 aliphatic heterocycles. The van der Waals surface area contributed by atoms with Crippen molar-refractivity contribution in [1.29, 1.82) is 0 Å². The molecule has 0 fully saturated rings. The molecule has 0 bridgehead atoms. The number of cyclic esters (lactones) is 1. The average Bonchev–Trinajstić information content (AvgIpc) is 2.73. The van der Waals surface area contributed by atoms with Gasteiger partial charge in [-0.2, -0.15) is 0 Å². The number of rotatable bonds is 3. The number of hydrogen-bond donors (Lipinski definition) is 0. The molecule has 0 amide bonds. The molecule has 4 heteroatoms. The van der Waals surface area contributed by atoms with Crippen molar-refractivity contribution < 1.29 is 14.3 Å². The normalized spacial score (nSPS) is 16.3. The van der Waals surface area contributed by atoms with Crippen molar-refractivity contribution in [1.82, 2.24) is 4.98 Å². The molecule has 0 atom stereocenters. The smallest absolute Gasteiger partial charge is 0.375 e. The van der Waals surface area contributed by atoms with E-state index in [1.165, 1.54) is 0 Å². The minimum atomic E-state index is -0.749. The average molecular weight is 323 g/mol. The number of benzene rings is 1. The van der Waals surface area contributed by atoms with Gasteiger partial charge in [0.25, 0.3) is 0 Å². The summed E-state index contributed by atoms with van der Waals surface area (Å²) in [5, 5.41) is 0. The molecule has 0 unspecified atom stereocenters. The number of carbonyl (C=O) groups is 1. The van der Waals surface area contributed by atoms with Gasteiger partial charge in [0.1, 0.15) is 5.60 Å². The van der Waals surface area contributed by atoms with Crippen molar-refractivity contribution in [3.63, 3.8) is 0 Å². The molecule has 1 aliphatic rings. The topological polar surface area (TPSA) is 48.4 Å². The van der Waals surface area contributed by atoms with Gasteiger partial charge in [-0.15, -0.1) is 0 Å². The van der Waals surface area contributed by atoms with E-state index in [2.05, 4.69) is 4.98 Å². The van der Waals surface area contributed by atoms with Crippen LogP contribution in [0.3, 0.4) is 0 Å². The second-order valence-corrected chi connectivity index (χ2v) is 6.62. The van der Waals surface area contributed by atoms with Gasteiger partial charge in [-0.05, 0) is 45.7 Å². The van der Waals surface area contributed by atoms with Gasteiger partial charge in [0.05, 0.1) is 5.57 Å². The zero-order valence-corrected chi connectivity index (χ0v) is 14.6. The van der Waals surface area contributed by atoms with Gasteiger partial charge in [0.15, 0.2) is 0 Å². The number of esters is 1. The van der Waals surface area contributed by atoms with Crippen LogP contribution < -0.4 is 4.74 Å². The molecular formula is C20H21NO3. The molecule has 24 heavy (non-hydrogen) atoms. The maximum atomic E-state index is 12.4. The number of aryl methyl sites for hydroxylation is 3. The summed E-state index contributed by atoms with van der Waals surface area (Å²) in [6, 6.07) is 11.7. The number of nitrogens with zero attached hydrogens (tertiary/aromatic N) is 1. The highest BCUT2D eigenvalue weighted by Gasteiger charge is 2.43. The number of aromatic nitrogens is 1. The van der Waals surface area contributed by atoms with E-state index in [0.717, 1.165) is 28.0 Å². The molecule has 1 aromatic carbocycles. The molecule has 0 spiro atoms. The molecule has 0 saturated heterocycles. The molecule has 2 heterocycles. The number of carbonyl (C=O) groups excluding carboxylic acids is 1. The van der Waals surface area contributed by atoms with E-state index in [-0.39, 0.29) is 5.76 Å². The van der Waals surface area contributed by atoms with Crippen LogP contribution in [-0.4, -0.2) is 16.6 Å². The minimum absolute atomic E-state index is 0.208. The fraction of sp³-hybridized carbons (Fsp3) is 0.300. The third kappa shape index (κ3) is 2.92. The van der Waals surface area contributed by atoms with Gasteiger partial charge in [0, 0.05) is 11.8 Å². The lowest BCUT2D eigenvalue weighted by Crippen LogP contribution is -2.22. The second kappa shape index (κ2) is 5.78. The van der Waals surface area contributed by atoms with E-state index in [0.29, 0.717) is 5.88 Å². The summed E-state index contributed by atoms with van der Waals surface area (Å²) < 4.78 is 11.4. The Morgan fingerprint density at radius 2 is 1.67 bits per heavy atom. The van der Waals surface area contributed by atoms with Gasteiger partial charge in [-0.1, -0.05) is 35.9 Å². The lowest BCUT2D eigenvalue weighted by molar-refractivity contribution is -0.145. The molecule has 0 N–H and O–H groups in total. The Morgan fingerprint density at radius 1 is 1.00 bits per heavy atom. The van der Waals surface area contributed by atoms with Crippen LogP contribution >= 0.6 is 0 Å². The highest BCUT2D eigenvalue weighted by atomic mass is 16.6. The lowest BCUT2D eigenvalue weighted by Gasteiger charge is -2.21. The summed E-state index contributed by atoms with van der Waals surface area (Å²) in [6.45, 7) is 9.65. The molecule has 0 radical (unpaired) electrons. The minimum Gasteiger partial charge on any atom is -0.449 e. The zero-order chi connectivity index (χ0) is 17.5. The Balaban J connectivity index is 2.08. The first-order chi connectivity index (χ1) is 11.3. The number of ether oxygens (including phenoxy) is 2. The summed E-state index contributed by atoms with van der Waals surface area (Å²) in [7, 11) is 0. The van der Waals surface area contributed by atoms with Crippen LogP contribution in [-0.2, 0) is 9.53 Å². The first-order valence-corrected chi connectivity index (χ1v) is 7.95. The standard InChI is InChI=1S/C20H21NO3/c1-12-6-9-15(10-7-12)17-18(19(22)24-20(17,4)5)23-16-11-8-13(2)14(3)21-16/h6-11H,1-5H3. The first kappa shape index (κ1) is 16.2. The Kier molecular flexibility index (Phi) is 3.91. The van der Waals surface area contributed by atoms with Crippen LogP contribution in [0.2, 0.25) is 0 Å². The predicted molar refractivity (Wildman–Crippen MR) is 92.6 cm³/mol. The van der Waals surface area contributed by atoms with E-state index in [1.54, 1.807) is 6.07 Å². The van der Waals surface area contributed by atoms with Gasteiger partial charge in [-0.25, -0.2) is 9.78 Å². The molecule has 0 aliphatic carbocycles. The maximum absolute atomic E-state index is 12.4. The highest BCUT2D eigenvalue weighted by Crippen LogP contribution is 2.40. The van der Waals surface area contributed by atoms with Crippen LogP contribution in [0.15, 0.2) is 42.2 Å². The molecular weight excluding hydrogens is 302 g/mol. The zero-order valence-electron chi connectivity index (χ0n) is 14.6. The van der Waals surface area contributed by atoms with Gasteiger partial charge < -0.3 is 9.47 Å². The van der Waals surface area contributed by atoms with E-state index in [4.69, 9.17) is 9.47 Å². The largest absolute Gasteiger partial charge is 0.449 e. The third-order valence-corrected chi connectivity index (χ3v) is 4.23. The SMILES string of the molecule is Cc1ccc(C2=C(Oc3ccc(C)c(C)n3)C(=O)OC2(C)C)cc1. The summed E-state index contributed by atoms with van der Waals surface area (Å²) in [5.74, 6) is 0.141. The molecule has 4 nitrogen and oxygen atoms in total. The van der Waals surface area contributed by atoms with E-state index in [9.17, 15) is 4.79 Å². The third-order valence-electron chi connectivity index (χ3n) is 4.23. The maximum Gasteiger partial charge on any atom is 0.375 e. The van der Waals surface area contributed by atoms with Gasteiger partial charge >= 0.3 is 5.97 Å². The first-order valence-electron chi connectivity index (χ1n) is 7.95. The van der Waals surface area contributed by atoms with Crippen LogP contribution in [0.25, 0.3) is 5.57 Å². The van der Waals surface area contributed by atoms with E-state index < -0.39 is 11.6 Å². The van der Waals surface area contributed by atoms with Crippen LogP contribution in [0.4, 0.5) is 0 Å². The van der Waals surface area contributed by atoms with Gasteiger partial charge in [-0.3, -0.25) is 0 Å². The van der Waals surface area contributed by atoms with Crippen molar-refractivity contribution in [2.75, 3.05) is 0 Å². The van der Waals surface area contributed by atoms with Crippen LogP contribution in [0.1, 0.15) is 36.2 Å². The van der Waals surface area contributed by atoms with Crippen LogP contribution in [0, 0.1) is 20.8 Å². The highest BCUT2D eigenvalue weighted by molar-refractivity contribution is 6.02. The fourth-order valence-electron chi connectivity index (χ4n) is 2.77. The lowest BCUT2D eigenvalue weighted by atomic mass is 9.91. The molecule has 0 saturated carbocycles. The number of pyridine rings is 1. The van der Waals surface area contributed by atoms with Crippen molar-refractivity contribution in [2.24, 2.45) is 0 Å². The predicted octanol–water partition coefficient (Wildman–Crippen LogP) is 4.13. The summed E-state index contributed by atoms with van der Waals surface area (Å²) in [5.41, 5.74) is 4.00. The Hall–Kier alpha value is -2.62. The number of hydrogen-bond acceptors (Lipinski definition) is 4. The fourth-order valence-corrected chi connectivity index (χ4v) is 2.77. The van der Waals surface area contributed by atoms with Gasteiger partial charge in [0.2, 0.25) is 11.6 Å². The Bertz CT molecular complexity index is 832. The monoisotopic (exact) mass is 323 g/mol. The molecule has 1 aromatic heterocycles. The van der Waals surface area contributed by atoms with E-state index in [1.807, 2.05) is 65.0 Å². The summed E-state index contributed by atoms with van der Waals surface area (Å²) >= 11 is 0. The van der Waals surface area contributed by atoms with Crippen molar-refractivity contribution in [3.05, 3.63) is 64.5 Å². The summed E-state index contributed by atoms with van der Waals surface area (Å²) in [6.07, 6.45) is 0. The summed E-state index contributed by atoms with van der Waals surface area (Å²) in [4.78, 5) is 16.8. The molecule has 2 aromatic rings. The Labute approximate surface area is 142 Å².